The largest absolute Gasteiger partial charge is 0.523 e. The van der Waals surface area contributed by atoms with Crippen LogP contribution in [-0.2, 0) is 14.3 Å². The molecule has 0 aliphatic heterocycles. The lowest BCUT2D eigenvalue weighted by Crippen LogP contribution is -2.29. The first-order valence-corrected chi connectivity index (χ1v) is 4.59. The fourth-order valence-corrected chi connectivity index (χ4v) is 1.36. The molecule has 0 atom stereocenters. The van der Waals surface area contributed by atoms with Crippen molar-refractivity contribution in [3.8, 4) is 0 Å². The Morgan fingerprint density at radius 2 is 1.75 bits per heavy atom. The van der Waals surface area contributed by atoms with Gasteiger partial charge in [-0.15, -0.1) is 0 Å². The Hall–Kier alpha value is -0.300. The van der Waals surface area contributed by atoms with Gasteiger partial charge in [-0.3, -0.25) is 4.18 Å². The van der Waals surface area contributed by atoms with E-state index in [-0.39, 0.29) is 0 Å². The van der Waals surface area contributed by atoms with Crippen LogP contribution < -0.4 is 0 Å². The van der Waals surface area contributed by atoms with Crippen LogP contribution in [-0.4, -0.2) is 19.5 Å². The first kappa shape index (κ1) is 9.79. The highest BCUT2D eigenvalue weighted by atomic mass is 32.2. The summed E-state index contributed by atoms with van der Waals surface area (Å²) in [6.45, 7) is 1.33. The molecule has 0 amide bonds. The van der Waals surface area contributed by atoms with E-state index >= 15 is 0 Å². The Labute approximate surface area is 67.6 Å². The highest BCUT2D eigenvalue weighted by molar-refractivity contribution is 7.87. The van der Waals surface area contributed by atoms with E-state index in [1.807, 2.05) is 0 Å². The van der Waals surface area contributed by atoms with Crippen molar-refractivity contribution in [2.75, 3.05) is 0 Å². The molecule has 0 saturated heterocycles. The van der Waals surface area contributed by atoms with Crippen LogP contribution in [0.25, 0.3) is 0 Å². The van der Waals surface area contributed by atoms with E-state index < -0.39 is 21.2 Å². The van der Waals surface area contributed by atoms with Gasteiger partial charge in [0, 0.05) is 0 Å². The SMILES string of the molecule is CC1(OS(=O)(=O)C(F)(F)F)CC1. The van der Waals surface area contributed by atoms with Crippen molar-refractivity contribution in [3.63, 3.8) is 0 Å². The summed E-state index contributed by atoms with van der Waals surface area (Å²) in [5.41, 5.74) is -6.42. The Kier molecular flexibility index (Phi) is 1.92. The smallest absolute Gasteiger partial charge is 0.257 e. The van der Waals surface area contributed by atoms with Gasteiger partial charge in [0.05, 0.1) is 5.60 Å². The normalized spacial score (nSPS) is 22.3. The van der Waals surface area contributed by atoms with Crippen molar-refractivity contribution < 1.29 is 25.8 Å². The maximum absolute atomic E-state index is 11.7. The molecule has 0 unspecified atom stereocenters. The molecule has 0 bridgehead atoms. The zero-order valence-corrected chi connectivity index (χ0v) is 7.00. The number of alkyl halides is 3. The number of halogens is 3. The van der Waals surface area contributed by atoms with Crippen molar-refractivity contribution in [1.82, 2.24) is 0 Å². The average Bonchev–Trinajstić information content (AvgIpc) is 2.42. The topological polar surface area (TPSA) is 43.4 Å². The third kappa shape index (κ3) is 1.89. The fraction of sp³-hybridized carbons (Fsp3) is 1.00. The quantitative estimate of drug-likeness (QED) is 0.504. The summed E-state index contributed by atoms with van der Waals surface area (Å²) in [6, 6.07) is 0. The minimum Gasteiger partial charge on any atom is -0.257 e. The molecule has 0 aromatic heterocycles. The summed E-state index contributed by atoms with van der Waals surface area (Å²) in [6.07, 6.45) is 0.699. The van der Waals surface area contributed by atoms with Gasteiger partial charge in [-0.1, -0.05) is 0 Å². The second kappa shape index (κ2) is 2.35. The third-order valence-electron chi connectivity index (χ3n) is 1.55. The Balaban J connectivity index is 2.74. The van der Waals surface area contributed by atoms with E-state index in [1.54, 1.807) is 0 Å². The molecule has 0 spiro atoms. The van der Waals surface area contributed by atoms with Gasteiger partial charge in [0.2, 0.25) is 0 Å². The number of hydrogen-bond acceptors (Lipinski definition) is 3. The van der Waals surface area contributed by atoms with Gasteiger partial charge in [-0.2, -0.15) is 21.6 Å². The molecule has 7 heteroatoms. The standard InChI is InChI=1S/C5H7F3O3S/c1-4(2-3-4)11-12(9,10)5(6,7)8/h2-3H2,1H3. The van der Waals surface area contributed by atoms with Gasteiger partial charge in [-0.25, -0.2) is 0 Å². The lowest BCUT2D eigenvalue weighted by Gasteiger charge is -2.12. The monoisotopic (exact) mass is 204 g/mol. The molecule has 0 aromatic rings. The molecule has 1 aliphatic rings. The minimum atomic E-state index is -5.39. The van der Waals surface area contributed by atoms with E-state index in [4.69, 9.17) is 0 Å². The molecular weight excluding hydrogens is 197 g/mol. The Morgan fingerprint density at radius 1 is 1.33 bits per heavy atom. The summed E-state index contributed by atoms with van der Waals surface area (Å²) >= 11 is 0. The maximum atomic E-state index is 11.7. The van der Waals surface area contributed by atoms with E-state index in [1.165, 1.54) is 6.92 Å². The summed E-state index contributed by atoms with van der Waals surface area (Å²) in [7, 11) is -5.39. The van der Waals surface area contributed by atoms with Gasteiger partial charge in [-0.05, 0) is 19.8 Å². The molecule has 3 nitrogen and oxygen atoms in total. The molecule has 0 N–H and O–H groups in total. The van der Waals surface area contributed by atoms with Crippen LogP contribution in [0.3, 0.4) is 0 Å². The van der Waals surface area contributed by atoms with E-state index in [0.717, 1.165) is 0 Å². The van der Waals surface area contributed by atoms with Crippen molar-refractivity contribution in [3.05, 3.63) is 0 Å². The second-order valence-corrected chi connectivity index (χ2v) is 4.47. The highest BCUT2D eigenvalue weighted by Gasteiger charge is 2.54. The molecule has 72 valence electrons. The minimum absolute atomic E-state index is 0.350. The molecule has 0 radical (unpaired) electrons. The van der Waals surface area contributed by atoms with Crippen LogP contribution in [0.15, 0.2) is 0 Å². The molecule has 0 heterocycles. The van der Waals surface area contributed by atoms with Crippen LogP contribution >= 0.6 is 0 Å². The molecule has 1 saturated carbocycles. The fourth-order valence-electron chi connectivity index (χ4n) is 0.571. The van der Waals surface area contributed by atoms with E-state index in [9.17, 15) is 21.6 Å². The van der Waals surface area contributed by atoms with Gasteiger partial charge in [0.25, 0.3) is 0 Å². The van der Waals surface area contributed by atoms with Crippen LogP contribution in [0.4, 0.5) is 13.2 Å². The van der Waals surface area contributed by atoms with Crippen molar-refractivity contribution >= 4 is 10.1 Å². The van der Waals surface area contributed by atoms with Crippen LogP contribution in [0.2, 0.25) is 0 Å². The second-order valence-electron chi connectivity index (χ2n) is 2.93. The highest BCUT2D eigenvalue weighted by Crippen LogP contribution is 2.42. The van der Waals surface area contributed by atoms with Gasteiger partial charge in [0.15, 0.2) is 0 Å². The van der Waals surface area contributed by atoms with Crippen molar-refractivity contribution in [1.29, 1.82) is 0 Å². The summed E-state index contributed by atoms with van der Waals surface area (Å²) in [5, 5.41) is 0. The summed E-state index contributed by atoms with van der Waals surface area (Å²) < 4.78 is 59.7. The molecule has 1 rings (SSSR count). The molecule has 1 fully saturated rings. The molecular formula is C5H7F3O3S. The molecule has 1 aliphatic carbocycles. The zero-order chi connectivity index (χ0) is 9.62. The zero-order valence-electron chi connectivity index (χ0n) is 6.18. The predicted octanol–water partition coefficient (Wildman–Crippen LogP) is 1.41. The lowest BCUT2D eigenvalue weighted by atomic mass is 10.4. The third-order valence-corrected chi connectivity index (χ3v) is 2.74. The van der Waals surface area contributed by atoms with Crippen LogP contribution in [0.1, 0.15) is 19.8 Å². The first-order valence-electron chi connectivity index (χ1n) is 3.18. The first-order chi connectivity index (χ1) is 5.16. The maximum Gasteiger partial charge on any atom is 0.523 e. The number of hydrogen-bond donors (Lipinski definition) is 0. The molecule has 12 heavy (non-hydrogen) atoms. The summed E-state index contributed by atoms with van der Waals surface area (Å²) in [5.74, 6) is 0. The Bertz CT molecular complexity index is 275. The van der Waals surface area contributed by atoms with Crippen molar-refractivity contribution in [2.45, 2.75) is 30.9 Å². The lowest BCUT2D eigenvalue weighted by molar-refractivity contribution is -0.0579. The Morgan fingerprint density at radius 3 is 2.00 bits per heavy atom. The van der Waals surface area contributed by atoms with Crippen LogP contribution in [0, 0.1) is 0 Å². The van der Waals surface area contributed by atoms with Gasteiger partial charge >= 0.3 is 15.6 Å². The van der Waals surface area contributed by atoms with E-state index in [2.05, 4.69) is 4.18 Å². The van der Waals surface area contributed by atoms with Gasteiger partial charge in [0.1, 0.15) is 0 Å². The van der Waals surface area contributed by atoms with E-state index in [0.29, 0.717) is 12.8 Å². The average molecular weight is 204 g/mol. The summed E-state index contributed by atoms with van der Waals surface area (Å²) in [4.78, 5) is 0. The van der Waals surface area contributed by atoms with Gasteiger partial charge < -0.3 is 0 Å². The van der Waals surface area contributed by atoms with Crippen molar-refractivity contribution in [2.24, 2.45) is 0 Å². The molecule has 0 aromatic carbocycles. The van der Waals surface area contributed by atoms with Crippen LogP contribution in [0.5, 0.6) is 0 Å². The number of rotatable bonds is 2. The predicted molar refractivity (Wildman–Crippen MR) is 33.7 cm³/mol.